The number of hydrogen-bond donors (Lipinski definition) is 1. The van der Waals surface area contributed by atoms with Crippen LogP contribution in [0.15, 0.2) is 24.3 Å². The van der Waals surface area contributed by atoms with Crippen LogP contribution in [0.25, 0.3) is 6.08 Å². The van der Waals surface area contributed by atoms with E-state index in [1.807, 2.05) is 22.9 Å². The number of nitrogens with zero attached hydrogens (tertiary/aromatic N) is 4. The van der Waals surface area contributed by atoms with Gasteiger partial charge in [-0.2, -0.15) is 0 Å². The first-order valence-electron chi connectivity index (χ1n) is 9.87. The van der Waals surface area contributed by atoms with Gasteiger partial charge in [0.2, 0.25) is 5.82 Å². The number of hydrogen-bond acceptors (Lipinski definition) is 3. The van der Waals surface area contributed by atoms with Crippen LogP contribution in [0.3, 0.4) is 0 Å². The van der Waals surface area contributed by atoms with E-state index in [4.69, 9.17) is 23.2 Å². The lowest BCUT2D eigenvalue weighted by molar-refractivity contribution is -0.924. The van der Waals surface area contributed by atoms with Crippen LogP contribution in [-0.2, 0) is 5.54 Å². The highest BCUT2D eigenvalue weighted by Gasteiger charge is 2.47. The van der Waals surface area contributed by atoms with Gasteiger partial charge in [0, 0.05) is 22.9 Å². The second-order valence-electron chi connectivity index (χ2n) is 9.07. The fourth-order valence-corrected chi connectivity index (χ4v) is 4.66. The maximum atomic E-state index is 6.36. The first kappa shape index (κ1) is 21.3. The van der Waals surface area contributed by atoms with Gasteiger partial charge in [-0.05, 0) is 46.4 Å². The van der Waals surface area contributed by atoms with E-state index in [1.165, 1.54) is 17.7 Å². The molecule has 0 amide bonds. The topological polar surface area (TPSA) is 48.0 Å². The van der Waals surface area contributed by atoms with Gasteiger partial charge in [-0.25, -0.2) is 4.68 Å². The zero-order chi connectivity index (χ0) is 20.5. The molecule has 1 aliphatic carbocycles. The molecular weight excluding hydrogens is 393 g/mol. The quantitative estimate of drug-likeness (QED) is 0.785. The van der Waals surface area contributed by atoms with Crippen molar-refractivity contribution < 1.29 is 4.90 Å². The highest BCUT2D eigenvalue weighted by atomic mass is 35.5. The van der Waals surface area contributed by atoms with E-state index in [1.54, 1.807) is 6.07 Å². The molecule has 1 fully saturated rings. The summed E-state index contributed by atoms with van der Waals surface area (Å²) in [6.07, 6.45) is 8.86. The molecule has 1 aromatic heterocycles. The molecule has 5 nitrogen and oxygen atoms in total. The number of quaternary nitrogens is 1. The molecule has 0 radical (unpaired) electrons. The number of allylic oxidation sites excluding steroid dienone is 1. The minimum absolute atomic E-state index is 0.000990. The van der Waals surface area contributed by atoms with E-state index in [2.05, 4.69) is 56.5 Å². The molecule has 1 N–H and O–H groups in total. The lowest BCUT2D eigenvalue weighted by atomic mass is 9.85. The van der Waals surface area contributed by atoms with E-state index in [0.29, 0.717) is 10.0 Å². The van der Waals surface area contributed by atoms with Gasteiger partial charge in [0.05, 0.1) is 20.1 Å². The summed E-state index contributed by atoms with van der Waals surface area (Å²) in [6, 6.07) is 5.55. The number of rotatable bonds is 5. The van der Waals surface area contributed by atoms with Gasteiger partial charge >= 0.3 is 0 Å². The molecule has 1 aromatic carbocycles. The fourth-order valence-electron chi connectivity index (χ4n) is 4.19. The molecule has 0 unspecified atom stereocenters. The highest BCUT2D eigenvalue weighted by Crippen LogP contribution is 2.39. The van der Waals surface area contributed by atoms with Crippen LogP contribution in [0.5, 0.6) is 0 Å². The molecule has 7 heteroatoms. The summed E-state index contributed by atoms with van der Waals surface area (Å²) in [6.45, 7) is 6.63. The highest BCUT2D eigenvalue weighted by molar-refractivity contribution is 6.35. The van der Waals surface area contributed by atoms with E-state index < -0.39 is 0 Å². The zero-order valence-electron chi connectivity index (χ0n) is 17.3. The Labute approximate surface area is 177 Å². The van der Waals surface area contributed by atoms with Crippen molar-refractivity contribution in [1.82, 2.24) is 20.2 Å². The molecular formula is C21H30Cl2N5+. The van der Waals surface area contributed by atoms with E-state index in [0.717, 1.165) is 24.2 Å². The normalized spacial score (nSPS) is 18.3. The third-order valence-corrected chi connectivity index (χ3v) is 6.47. The molecule has 1 atom stereocenters. The summed E-state index contributed by atoms with van der Waals surface area (Å²) in [5.74, 6) is 0.983. The lowest BCUT2D eigenvalue weighted by Gasteiger charge is -2.35. The second-order valence-corrected chi connectivity index (χ2v) is 9.92. The minimum Gasteiger partial charge on any atom is -0.329 e. The predicted octanol–water partition coefficient (Wildman–Crippen LogP) is 4.19. The van der Waals surface area contributed by atoms with Crippen molar-refractivity contribution in [2.45, 2.75) is 58.0 Å². The summed E-state index contributed by atoms with van der Waals surface area (Å²) in [5.41, 5.74) is 0.837. The zero-order valence-corrected chi connectivity index (χ0v) is 18.8. The molecule has 2 aromatic rings. The first-order chi connectivity index (χ1) is 13.1. The number of halogens is 2. The van der Waals surface area contributed by atoms with Gasteiger partial charge in [-0.1, -0.05) is 62.2 Å². The third-order valence-electron chi connectivity index (χ3n) is 5.91. The van der Waals surface area contributed by atoms with Crippen molar-refractivity contribution in [2.24, 2.45) is 5.41 Å². The Bertz CT molecular complexity index is 845. The monoisotopic (exact) mass is 422 g/mol. The van der Waals surface area contributed by atoms with E-state index >= 15 is 0 Å². The molecule has 1 heterocycles. The molecule has 0 spiro atoms. The van der Waals surface area contributed by atoms with Crippen molar-refractivity contribution in [3.63, 3.8) is 0 Å². The van der Waals surface area contributed by atoms with Gasteiger partial charge in [-0.15, -0.1) is 5.10 Å². The van der Waals surface area contributed by atoms with Crippen LogP contribution in [0, 0.1) is 5.41 Å². The van der Waals surface area contributed by atoms with Crippen molar-refractivity contribution in [1.29, 1.82) is 0 Å². The maximum absolute atomic E-state index is 6.36. The van der Waals surface area contributed by atoms with Gasteiger partial charge in [0.15, 0.2) is 5.54 Å². The largest absolute Gasteiger partial charge is 0.329 e. The van der Waals surface area contributed by atoms with Gasteiger partial charge < -0.3 is 4.90 Å². The molecule has 152 valence electrons. The molecule has 1 saturated carbocycles. The van der Waals surface area contributed by atoms with Crippen LogP contribution in [-0.4, -0.2) is 34.3 Å². The van der Waals surface area contributed by atoms with Crippen molar-refractivity contribution in [3.8, 4) is 0 Å². The van der Waals surface area contributed by atoms with Gasteiger partial charge in [0.1, 0.15) is 0 Å². The molecule has 28 heavy (non-hydrogen) atoms. The summed E-state index contributed by atoms with van der Waals surface area (Å²) in [4.78, 5) is 1.39. The number of aromatic nitrogens is 4. The molecule has 0 aliphatic heterocycles. The summed E-state index contributed by atoms with van der Waals surface area (Å²) in [5, 5.41) is 14.3. The average molecular weight is 423 g/mol. The third kappa shape index (κ3) is 4.12. The maximum Gasteiger partial charge on any atom is 0.213 e. The number of benzene rings is 1. The Morgan fingerprint density at radius 3 is 2.43 bits per heavy atom. The van der Waals surface area contributed by atoms with Crippen LogP contribution < -0.4 is 4.90 Å². The molecule has 0 saturated heterocycles. The molecule has 0 bridgehead atoms. The van der Waals surface area contributed by atoms with Gasteiger partial charge in [0.25, 0.3) is 0 Å². The van der Waals surface area contributed by atoms with Crippen LogP contribution in [0.4, 0.5) is 0 Å². The summed E-state index contributed by atoms with van der Waals surface area (Å²) < 4.78 is 2.03. The lowest BCUT2D eigenvalue weighted by Crippen LogP contribution is -3.13. The van der Waals surface area contributed by atoms with Crippen molar-refractivity contribution in [3.05, 3.63) is 45.7 Å². The Balaban J connectivity index is 2.03. The SMILES string of the molecule is C[NH+](C)C1(c2nnnn2[C@H](/C=C\c2ccc(Cl)cc2Cl)C(C)(C)C)CCCC1. The Hall–Kier alpha value is -1.43. The second kappa shape index (κ2) is 8.13. The Morgan fingerprint density at radius 1 is 1.18 bits per heavy atom. The summed E-state index contributed by atoms with van der Waals surface area (Å²) >= 11 is 12.4. The molecule has 3 rings (SSSR count). The van der Waals surface area contributed by atoms with Crippen LogP contribution >= 0.6 is 23.2 Å². The van der Waals surface area contributed by atoms with Crippen molar-refractivity contribution >= 4 is 29.3 Å². The van der Waals surface area contributed by atoms with Crippen LogP contribution in [0.1, 0.15) is 63.9 Å². The Morgan fingerprint density at radius 2 is 1.86 bits per heavy atom. The smallest absolute Gasteiger partial charge is 0.213 e. The number of tetrazole rings is 1. The predicted molar refractivity (Wildman–Crippen MR) is 115 cm³/mol. The average Bonchev–Trinajstić information content (AvgIpc) is 3.25. The van der Waals surface area contributed by atoms with E-state index in [9.17, 15) is 0 Å². The Kier molecular flexibility index (Phi) is 6.18. The first-order valence-corrected chi connectivity index (χ1v) is 10.6. The van der Waals surface area contributed by atoms with Gasteiger partial charge in [-0.3, -0.25) is 0 Å². The standard InChI is InChI=1S/C21H29Cl2N5/c1-20(2,3)18(11-9-15-8-10-16(22)14-17(15)23)28-19(24-25-26-28)21(27(4)5)12-6-7-13-21/h8-11,14,18H,6-7,12-13H2,1-5H3/p+1/b11-9-/t18-/m1/s1. The van der Waals surface area contributed by atoms with Crippen LogP contribution in [0.2, 0.25) is 10.0 Å². The van der Waals surface area contributed by atoms with Crippen molar-refractivity contribution in [2.75, 3.05) is 14.1 Å². The minimum atomic E-state index is -0.0685. The van der Waals surface area contributed by atoms with E-state index in [-0.39, 0.29) is 17.0 Å². The molecule has 1 aliphatic rings. The number of nitrogens with one attached hydrogen (secondary N) is 1. The fraction of sp³-hybridized carbons (Fsp3) is 0.571. The summed E-state index contributed by atoms with van der Waals surface area (Å²) in [7, 11) is 4.42.